The van der Waals surface area contributed by atoms with Crippen LogP contribution in [0.4, 0.5) is 0 Å². The lowest BCUT2D eigenvalue weighted by molar-refractivity contribution is 0.0661. The number of aromatic nitrogens is 3. The van der Waals surface area contributed by atoms with Crippen molar-refractivity contribution in [3.05, 3.63) is 53.4 Å². The molecule has 1 fully saturated rings. The molecule has 0 radical (unpaired) electrons. The van der Waals surface area contributed by atoms with Crippen LogP contribution in [-0.2, 0) is 9.47 Å². The number of nitrogens with zero attached hydrogens (tertiary/aromatic N) is 4. The first-order valence-electron chi connectivity index (χ1n) is 8.74. The van der Waals surface area contributed by atoms with E-state index in [0.717, 1.165) is 0 Å². The molecule has 4 rings (SSSR count). The Morgan fingerprint density at radius 2 is 2.15 bits per heavy atom. The predicted molar refractivity (Wildman–Crippen MR) is 95.7 cm³/mol. The maximum atomic E-state index is 12.8. The highest BCUT2D eigenvalue weighted by Gasteiger charge is 2.32. The standard InChI is InChI=1S/C19H22N4O3/c1-13-5-3-4-6-15(13)14-7-8-22(9-14)19(24)16-10-23(21-20-16)17-11-26-12-18(17)25-2/h3-7,10,17-18H,8-9,11-12H2,1-2H3/t17-,18-/m1/s1. The van der Waals surface area contributed by atoms with Crippen molar-refractivity contribution in [2.75, 3.05) is 33.4 Å². The van der Waals surface area contributed by atoms with Crippen LogP contribution in [0.15, 0.2) is 36.5 Å². The Balaban J connectivity index is 1.46. The average molecular weight is 354 g/mol. The van der Waals surface area contributed by atoms with Gasteiger partial charge in [0.15, 0.2) is 5.69 Å². The van der Waals surface area contributed by atoms with Gasteiger partial charge in [0.1, 0.15) is 12.1 Å². The van der Waals surface area contributed by atoms with Crippen LogP contribution in [0.3, 0.4) is 0 Å². The van der Waals surface area contributed by atoms with E-state index in [2.05, 4.69) is 35.4 Å². The molecule has 1 amide bonds. The van der Waals surface area contributed by atoms with Crippen LogP contribution in [0.1, 0.15) is 27.7 Å². The highest BCUT2D eigenvalue weighted by atomic mass is 16.5. The maximum absolute atomic E-state index is 12.8. The molecule has 26 heavy (non-hydrogen) atoms. The smallest absolute Gasteiger partial charge is 0.276 e. The largest absolute Gasteiger partial charge is 0.377 e. The van der Waals surface area contributed by atoms with Gasteiger partial charge in [0.2, 0.25) is 0 Å². The summed E-state index contributed by atoms with van der Waals surface area (Å²) in [6.07, 6.45) is 3.73. The number of hydrogen-bond acceptors (Lipinski definition) is 5. The second-order valence-corrected chi connectivity index (χ2v) is 6.69. The van der Waals surface area contributed by atoms with Gasteiger partial charge in [-0.2, -0.15) is 0 Å². The van der Waals surface area contributed by atoms with Gasteiger partial charge in [-0.25, -0.2) is 4.68 Å². The van der Waals surface area contributed by atoms with E-state index in [4.69, 9.17) is 9.47 Å². The van der Waals surface area contributed by atoms with Crippen LogP contribution in [0.2, 0.25) is 0 Å². The van der Waals surface area contributed by atoms with Gasteiger partial charge in [-0.1, -0.05) is 35.6 Å². The summed E-state index contributed by atoms with van der Waals surface area (Å²) in [4.78, 5) is 14.6. The first-order valence-corrected chi connectivity index (χ1v) is 8.74. The molecule has 2 atom stereocenters. The Morgan fingerprint density at radius 1 is 1.31 bits per heavy atom. The van der Waals surface area contributed by atoms with E-state index in [1.54, 1.807) is 22.9 Å². The van der Waals surface area contributed by atoms with E-state index < -0.39 is 0 Å². The molecule has 2 aliphatic heterocycles. The van der Waals surface area contributed by atoms with Gasteiger partial charge >= 0.3 is 0 Å². The third-order valence-electron chi connectivity index (χ3n) is 5.07. The van der Waals surface area contributed by atoms with E-state index in [1.165, 1.54) is 16.7 Å². The fraction of sp³-hybridized carbons (Fsp3) is 0.421. The SMILES string of the molecule is CO[C@@H]1COC[C@H]1n1cc(C(=O)N2CC=C(c3ccccc3C)C2)nn1. The zero-order valence-corrected chi connectivity index (χ0v) is 15.0. The summed E-state index contributed by atoms with van der Waals surface area (Å²) >= 11 is 0. The summed E-state index contributed by atoms with van der Waals surface area (Å²) in [7, 11) is 1.65. The van der Waals surface area contributed by atoms with Gasteiger partial charge in [0.25, 0.3) is 5.91 Å². The van der Waals surface area contributed by atoms with E-state index in [1.807, 2.05) is 12.1 Å². The van der Waals surface area contributed by atoms with Crippen LogP contribution in [0.25, 0.3) is 5.57 Å². The normalized spacial score (nSPS) is 22.7. The lowest BCUT2D eigenvalue weighted by Gasteiger charge is -2.16. The lowest BCUT2D eigenvalue weighted by atomic mass is 10.0. The number of carbonyl (C=O) groups excluding carboxylic acids is 1. The second-order valence-electron chi connectivity index (χ2n) is 6.69. The quantitative estimate of drug-likeness (QED) is 0.836. The number of carbonyl (C=O) groups is 1. The van der Waals surface area contributed by atoms with Crippen molar-refractivity contribution in [3.63, 3.8) is 0 Å². The van der Waals surface area contributed by atoms with Crippen LogP contribution in [0, 0.1) is 6.92 Å². The molecule has 0 unspecified atom stereocenters. The molecule has 3 heterocycles. The fourth-order valence-electron chi connectivity index (χ4n) is 3.53. The molecule has 0 bridgehead atoms. The molecule has 0 saturated carbocycles. The van der Waals surface area contributed by atoms with Crippen LogP contribution < -0.4 is 0 Å². The van der Waals surface area contributed by atoms with Gasteiger partial charge in [0, 0.05) is 20.2 Å². The van der Waals surface area contributed by atoms with Crippen molar-refractivity contribution in [1.82, 2.24) is 19.9 Å². The molecule has 0 spiro atoms. The molecule has 1 aromatic carbocycles. The first-order chi connectivity index (χ1) is 12.7. The first kappa shape index (κ1) is 16.9. The monoisotopic (exact) mass is 354 g/mol. The zero-order chi connectivity index (χ0) is 18.1. The van der Waals surface area contributed by atoms with E-state index in [9.17, 15) is 4.79 Å². The molecule has 2 aromatic rings. The Bertz CT molecular complexity index is 845. The Hall–Kier alpha value is -2.51. The molecule has 1 saturated heterocycles. The van der Waals surface area contributed by atoms with Crippen LogP contribution >= 0.6 is 0 Å². The summed E-state index contributed by atoms with van der Waals surface area (Å²) in [6.45, 7) is 4.30. The van der Waals surface area contributed by atoms with E-state index in [0.29, 0.717) is 32.0 Å². The van der Waals surface area contributed by atoms with E-state index in [-0.39, 0.29) is 18.1 Å². The van der Waals surface area contributed by atoms with Gasteiger partial charge in [-0.3, -0.25) is 4.79 Å². The molecule has 0 N–H and O–H groups in total. The molecular formula is C19H22N4O3. The Kier molecular flexibility index (Phi) is 4.57. The van der Waals surface area contributed by atoms with Gasteiger partial charge in [-0.15, -0.1) is 5.10 Å². The highest BCUT2D eigenvalue weighted by molar-refractivity contribution is 5.94. The Morgan fingerprint density at radius 3 is 2.96 bits per heavy atom. The van der Waals surface area contributed by atoms with Crippen LogP contribution in [-0.4, -0.2) is 65.3 Å². The molecule has 1 aromatic heterocycles. The molecule has 0 aliphatic carbocycles. The number of rotatable bonds is 4. The van der Waals surface area contributed by atoms with Crippen molar-refractivity contribution in [3.8, 4) is 0 Å². The topological polar surface area (TPSA) is 69.5 Å². The maximum Gasteiger partial charge on any atom is 0.276 e. The third kappa shape index (κ3) is 3.04. The van der Waals surface area contributed by atoms with Crippen molar-refractivity contribution in [1.29, 1.82) is 0 Å². The minimum atomic E-state index is -0.107. The summed E-state index contributed by atoms with van der Waals surface area (Å²) in [5.41, 5.74) is 3.93. The van der Waals surface area contributed by atoms with Gasteiger partial charge in [0.05, 0.1) is 19.4 Å². The second kappa shape index (κ2) is 7.01. The summed E-state index contributed by atoms with van der Waals surface area (Å²) in [6, 6.07) is 8.18. The third-order valence-corrected chi connectivity index (χ3v) is 5.07. The highest BCUT2D eigenvalue weighted by Crippen LogP contribution is 2.25. The van der Waals surface area contributed by atoms with Crippen molar-refractivity contribution >= 4 is 11.5 Å². The summed E-state index contributed by atoms with van der Waals surface area (Å²) in [5.74, 6) is -0.107. The number of methoxy groups -OCH3 is 1. The minimum Gasteiger partial charge on any atom is -0.377 e. The molecule has 2 aliphatic rings. The minimum absolute atomic E-state index is 0.0479. The number of amides is 1. The summed E-state index contributed by atoms with van der Waals surface area (Å²) < 4.78 is 12.5. The van der Waals surface area contributed by atoms with Crippen molar-refractivity contribution in [2.24, 2.45) is 0 Å². The van der Waals surface area contributed by atoms with Crippen molar-refractivity contribution in [2.45, 2.75) is 19.1 Å². The van der Waals surface area contributed by atoms with Crippen molar-refractivity contribution < 1.29 is 14.3 Å². The number of ether oxygens (including phenoxy) is 2. The lowest BCUT2D eigenvalue weighted by Crippen LogP contribution is -2.29. The molecular weight excluding hydrogens is 332 g/mol. The average Bonchev–Trinajstić information content (AvgIpc) is 3.40. The predicted octanol–water partition coefficient (Wildman–Crippen LogP) is 1.71. The number of benzene rings is 1. The number of aryl methyl sites for hydroxylation is 1. The fourth-order valence-corrected chi connectivity index (χ4v) is 3.53. The summed E-state index contributed by atoms with van der Waals surface area (Å²) in [5, 5.41) is 8.20. The van der Waals surface area contributed by atoms with Gasteiger partial charge in [-0.05, 0) is 23.6 Å². The molecule has 7 nitrogen and oxygen atoms in total. The zero-order valence-electron chi connectivity index (χ0n) is 15.0. The van der Waals surface area contributed by atoms with Crippen LogP contribution in [0.5, 0.6) is 0 Å². The molecule has 7 heteroatoms. The molecule has 136 valence electrons. The Labute approximate surface area is 152 Å². The van der Waals surface area contributed by atoms with E-state index >= 15 is 0 Å². The number of hydrogen-bond donors (Lipinski definition) is 0. The van der Waals surface area contributed by atoms with Gasteiger partial charge < -0.3 is 14.4 Å².